The number of unbranched alkanes of at least 4 members (excludes halogenated alkanes) is 1. The number of carbonyl (C=O) groups is 5. The van der Waals surface area contributed by atoms with E-state index in [0.717, 1.165) is 38.5 Å². The third-order valence-corrected chi connectivity index (χ3v) is 14.2. The van der Waals surface area contributed by atoms with E-state index in [1.54, 1.807) is 20.8 Å². The topological polar surface area (TPSA) is 171 Å². The molecule has 5 amide bonds. The van der Waals surface area contributed by atoms with Gasteiger partial charge < -0.3 is 26.2 Å². The van der Waals surface area contributed by atoms with E-state index in [4.69, 9.17) is 0 Å². The molecule has 0 aromatic heterocycles. The summed E-state index contributed by atoms with van der Waals surface area (Å²) in [6.07, 6.45) is 6.97. The SMILES string of the molecule is CCCC[C@H](NC(=O)[C@H]1[C@@H]2[C@H](CN1C(=O)[C@@H](NC(=O)NC1(CS(=O)(=O)C(C)(C)C)CCCCC1)C(C)(C)C)C2(C)C)C(=O)C(=O)NC1CC1. The van der Waals surface area contributed by atoms with E-state index in [0.29, 0.717) is 32.2 Å². The van der Waals surface area contributed by atoms with Crippen molar-refractivity contribution in [1.82, 2.24) is 26.2 Å². The average Bonchev–Trinajstić information content (AvgIpc) is 3.83. The molecule has 4 aliphatic rings. The second-order valence-corrected chi connectivity index (χ2v) is 20.6. The summed E-state index contributed by atoms with van der Waals surface area (Å²) >= 11 is 0. The fourth-order valence-corrected chi connectivity index (χ4v) is 9.25. The van der Waals surface area contributed by atoms with Crippen molar-refractivity contribution in [3.05, 3.63) is 0 Å². The van der Waals surface area contributed by atoms with E-state index in [1.165, 1.54) is 4.90 Å². The van der Waals surface area contributed by atoms with Crippen molar-refractivity contribution < 1.29 is 32.4 Å². The number of nitrogens with one attached hydrogen (secondary N) is 4. The van der Waals surface area contributed by atoms with E-state index in [9.17, 15) is 32.4 Å². The minimum atomic E-state index is -3.56. The summed E-state index contributed by atoms with van der Waals surface area (Å²) in [5, 5.41) is 11.5. The molecule has 12 nitrogen and oxygen atoms in total. The van der Waals surface area contributed by atoms with Gasteiger partial charge in [0.25, 0.3) is 5.91 Å². The fourth-order valence-electron chi connectivity index (χ4n) is 7.73. The maximum atomic E-state index is 14.5. The fraction of sp³-hybridized carbons (Fsp3) is 0.861. The Morgan fingerprint density at radius 2 is 1.53 bits per heavy atom. The van der Waals surface area contributed by atoms with Crippen LogP contribution in [0.25, 0.3) is 0 Å². The monoisotopic (exact) mass is 707 g/mol. The van der Waals surface area contributed by atoms with Crippen LogP contribution in [0.5, 0.6) is 0 Å². The van der Waals surface area contributed by atoms with Crippen LogP contribution in [0, 0.1) is 22.7 Å². The molecule has 4 rings (SSSR count). The molecule has 1 heterocycles. The van der Waals surface area contributed by atoms with Crippen LogP contribution >= 0.6 is 0 Å². The first-order valence-corrected chi connectivity index (χ1v) is 20.0. The Kier molecular flexibility index (Phi) is 11.3. The Morgan fingerprint density at radius 3 is 2.06 bits per heavy atom. The lowest BCUT2D eigenvalue weighted by atomic mass is 9.83. The average molecular weight is 708 g/mol. The lowest BCUT2D eigenvalue weighted by molar-refractivity contribution is -0.145. The van der Waals surface area contributed by atoms with Crippen LogP contribution in [0.4, 0.5) is 4.79 Å². The number of nitrogens with zero attached hydrogens (tertiary/aromatic N) is 1. The van der Waals surface area contributed by atoms with Crippen molar-refractivity contribution >= 4 is 39.4 Å². The third-order valence-electron chi connectivity index (χ3n) is 11.4. The highest BCUT2D eigenvalue weighted by Crippen LogP contribution is 2.65. The summed E-state index contributed by atoms with van der Waals surface area (Å²) < 4.78 is 25.6. The highest BCUT2D eigenvalue weighted by atomic mass is 32.2. The van der Waals surface area contributed by atoms with Crippen LogP contribution < -0.4 is 21.3 Å². The van der Waals surface area contributed by atoms with Gasteiger partial charge in [-0.25, -0.2) is 13.2 Å². The molecule has 4 fully saturated rings. The molecule has 13 heteroatoms. The maximum Gasteiger partial charge on any atom is 0.315 e. The van der Waals surface area contributed by atoms with E-state index in [1.807, 2.05) is 27.7 Å². The van der Waals surface area contributed by atoms with Gasteiger partial charge in [0.2, 0.25) is 17.6 Å². The number of sulfone groups is 1. The molecule has 5 atom stereocenters. The van der Waals surface area contributed by atoms with Crippen molar-refractivity contribution in [1.29, 1.82) is 0 Å². The number of Topliss-reactive ketones (excluding diaryl/α,β-unsaturated/α-hetero) is 1. The molecular formula is C36H61N5O7S. The lowest BCUT2D eigenvalue weighted by Crippen LogP contribution is -2.64. The van der Waals surface area contributed by atoms with E-state index < -0.39 is 73.2 Å². The third kappa shape index (κ3) is 8.79. The van der Waals surface area contributed by atoms with E-state index >= 15 is 0 Å². The number of hydrogen-bond donors (Lipinski definition) is 4. The van der Waals surface area contributed by atoms with Crippen LogP contribution in [-0.2, 0) is 29.0 Å². The van der Waals surface area contributed by atoms with Crippen molar-refractivity contribution in [3.8, 4) is 0 Å². The molecule has 1 aliphatic heterocycles. The lowest BCUT2D eigenvalue weighted by Gasteiger charge is -2.41. The molecular weight excluding hydrogens is 646 g/mol. The minimum absolute atomic E-state index is 0.00450. The number of likely N-dealkylation sites (tertiary alicyclic amines) is 1. The van der Waals surface area contributed by atoms with Gasteiger partial charge in [-0.15, -0.1) is 0 Å². The Labute approximate surface area is 293 Å². The van der Waals surface area contributed by atoms with Crippen LogP contribution in [0.1, 0.15) is 127 Å². The smallest absolute Gasteiger partial charge is 0.315 e. The summed E-state index contributed by atoms with van der Waals surface area (Å²) in [5.74, 6) is -2.50. The summed E-state index contributed by atoms with van der Waals surface area (Å²) in [5.41, 5.74) is -1.90. The van der Waals surface area contributed by atoms with Gasteiger partial charge in [0.15, 0.2) is 9.84 Å². The molecule has 49 heavy (non-hydrogen) atoms. The maximum absolute atomic E-state index is 14.5. The number of piperidine rings is 1. The van der Waals surface area contributed by atoms with Crippen LogP contribution in [0.2, 0.25) is 0 Å². The number of hydrogen-bond acceptors (Lipinski definition) is 7. The highest BCUT2D eigenvalue weighted by molar-refractivity contribution is 7.92. The Bertz CT molecular complexity index is 1400. The Morgan fingerprint density at radius 1 is 0.918 bits per heavy atom. The van der Waals surface area contributed by atoms with Crippen molar-refractivity contribution in [2.75, 3.05) is 12.3 Å². The van der Waals surface area contributed by atoms with Gasteiger partial charge in [-0.3, -0.25) is 19.2 Å². The molecule has 0 aromatic carbocycles. The summed E-state index contributed by atoms with van der Waals surface area (Å²) in [7, 11) is -3.56. The largest absolute Gasteiger partial charge is 0.347 e. The van der Waals surface area contributed by atoms with Crippen LogP contribution in [0.15, 0.2) is 0 Å². The molecule has 1 saturated heterocycles. The molecule has 0 spiro atoms. The van der Waals surface area contributed by atoms with Crippen molar-refractivity contribution in [3.63, 3.8) is 0 Å². The van der Waals surface area contributed by atoms with Gasteiger partial charge in [-0.1, -0.05) is 73.6 Å². The second kappa shape index (κ2) is 14.1. The highest BCUT2D eigenvalue weighted by Gasteiger charge is 2.70. The van der Waals surface area contributed by atoms with E-state index in [-0.39, 0.29) is 29.0 Å². The number of carbonyl (C=O) groups excluding carboxylic acids is 5. The number of fused-ring (bicyclic) bond motifs is 1. The number of urea groups is 1. The van der Waals surface area contributed by atoms with Gasteiger partial charge in [0.1, 0.15) is 12.1 Å². The van der Waals surface area contributed by atoms with E-state index in [2.05, 4.69) is 35.1 Å². The molecule has 0 radical (unpaired) electrons. The molecule has 278 valence electrons. The normalized spacial score (nSPS) is 25.7. The van der Waals surface area contributed by atoms with Gasteiger partial charge in [0.05, 0.1) is 22.1 Å². The minimum Gasteiger partial charge on any atom is -0.347 e. The van der Waals surface area contributed by atoms with Crippen LogP contribution in [-0.4, -0.2) is 89.6 Å². The molecule has 0 bridgehead atoms. The number of rotatable bonds is 13. The standard InChI is InChI=1S/C36H61N5O7S/c1-10-11-15-24(27(42)30(44)37-22-16-17-22)38-29(43)26-25-23(35(25,8)9)20-41(26)31(45)28(33(2,3)4)39-32(46)40-36(18-13-12-14-19-36)21-49(47,48)34(5,6)7/h22-26,28H,10-21H2,1-9H3,(H,37,44)(H,38,43)(H2,39,40,46)/t23-,24-,25-,26+,28+/m0/s1. The zero-order valence-corrected chi connectivity index (χ0v) is 32.0. The quantitative estimate of drug-likeness (QED) is 0.212. The van der Waals surface area contributed by atoms with Gasteiger partial charge in [-0.2, -0.15) is 0 Å². The zero-order chi connectivity index (χ0) is 36.7. The van der Waals surface area contributed by atoms with Crippen molar-refractivity contribution in [2.45, 2.75) is 161 Å². The van der Waals surface area contributed by atoms with Crippen LogP contribution in [0.3, 0.4) is 0 Å². The number of amides is 5. The molecule has 0 unspecified atom stereocenters. The number of ketones is 1. The van der Waals surface area contributed by atoms with Gasteiger partial charge in [-0.05, 0) is 75.5 Å². The summed E-state index contributed by atoms with van der Waals surface area (Å²) in [6.45, 7) is 16.9. The van der Waals surface area contributed by atoms with Gasteiger partial charge in [0, 0.05) is 12.6 Å². The predicted molar refractivity (Wildman–Crippen MR) is 188 cm³/mol. The van der Waals surface area contributed by atoms with Crippen molar-refractivity contribution in [2.24, 2.45) is 22.7 Å². The zero-order valence-electron chi connectivity index (χ0n) is 31.2. The summed E-state index contributed by atoms with van der Waals surface area (Å²) in [6, 6.07) is -3.50. The summed E-state index contributed by atoms with van der Waals surface area (Å²) in [4.78, 5) is 69.7. The second-order valence-electron chi connectivity index (χ2n) is 17.8. The first kappa shape index (κ1) is 39.1. The predicted octanol–water partition coefficient (Wildman–Crippen LogP) is 3.62. The molecule has 3 aliphatic carbocycles. The Hall–Kier alpha value is -2.70. The first-order chi connectivity index (χ1) is 22.5. The van der Waals surface area contributed by atoms with Gasteiger partial charge >= 0.3 is 6.03 Å². The first-order valence-electron chi connectivity index (χ1n) is 18.3. The molecule has 3 saturated carbocycles. The Balaban J connectivity index is 1.54. The molecule has 4 N–H and O–H groups in total. The molecule has 0 aromatic rings.